The van der Waals surface area contributed by atoms with Crippen molar-refractivity contribution in [1.82, 2.24) is 35.3 Å². The summed E-state index contributed by atoms with van der Waals surface area (Å²) in [5.41, 5.74) is 3.61. The quantitative estimate of drug-likeness (QED) is 0.770. The normalized spacial score (nSPS) is 16.8. The number of tetrazole rings is 1. The van der Waals surface area contributed by atoms with Gasteiger partial charge in [0.1, 0.15) is 6.33 Å². The van der Waals surface area contributed by atoms with Crippen molar-refractivity contribution in [1.29, 1.82) is 0 Å². The molecule has 0 radical (unpaired) electrons. The minimum Gasteiger partial charge on any atom is -0.345 e. The van der Waals surface area contributed by atoms with Gasteiger partial charge in [0.25, 0.3) is 5.91 Å². The zero-order valence-corrected chi connectivity index (χ0v) is 15.8. The molecule has 1 atom stereocenters. The molecule has 3 aromatic rings. The van der Waals surface area contributed by atoms with Crippen LogP contribution in [-0.2, 0) is 12.0 Å². The molecule has 2 aromatic heterocycles. The predicted molar refractivity (Wildman–Crippen MR) is 99.5 cm³/mol. The highest BCUT2D eigenvalue weighted by Gasteiger charge is 2.29. The summed E-state index contributed by atoms with van der Waals surface area (Å²) in [6, 6.07) is 7.25. The van der Waals surface area contributed by atoms with Crippen LogP contribution in [0, 0.1) is 0 Å². The Kier molecular flexibility index (Phi) is 4.25. The van der Waals surface area contributed by atoms with Gasteiger partial charge in [0.2, 0.25) is 0 Å². The summed E-state index contributed by atoms with van der Waals surface area (Å²) in [7, 11) is 0. The van der Waals surface area contributed by atoms with E-state index in [4.69, 9.17) is 0 Å². The van der Waals surface area contributed by atoms with Gasteiger partial charge < -0.3 is 5.32 Å². The van der Waals surface area contributed by atoms with Crippen LogP contribution in [0.3, 0.4) is 0 Å². The Morgan fingerprint density at radius 1 is 1.30 bits per heavy atom. The summed E-state index contributed by atoms with van der Waals surface area (Å²) in [6.07, 6.45) is 6.35. The zero-order chi connectivity index (χ0) is 19.0. The molecule has 0 saturated carbocycles. The average molecular weight is 365 g/mol. The van der Waals surface area contributed by atoms with Gasteiger partial charge in [-0.05, 0) is 68.7 Å². The van der Waals surface area contributed by atoms with E-state index in [9.17, 15) is 4.79 Å². The number of fused-ring (bicyclic) bond motifs is 1. The predicted octanol–water partition coefficient (Wildman–Crippen LogP) is 2.42. The van der Waals surface area contributed by atoms with Crippen LogP contribution in [0.15, 0.2) is 36.8 Å². The standard InChI is InChI=1S/C19H23N7O/c1-19(2,3)26-17-9-5-8-16(15(17)11-21-26)22-18(27)13-6-4-7-14(10-13)25-12-20-23-24-25/h4,6-7,10-12,16H,5,8-9H2,1-3H3,(H,22,27)/t16-/m0/s1. The molecule has 0 fully saturated rings. The van der Waals surface area contributed by atoms with Crippen molar-refractivity contribution in [3.05, 3.63) is 53.6 Å². The molecule has 1 N–H and O–H groups in total. The van der Waals surface area contributed by atoms with Crippen LogP contribution in [0.4, 0.5) is 0 Å². The van der Waals surface area contributed by atoms with Crippen LogP contribution in [-0.4, -0.2) is 35.9 Å². The van der Waals surface area contributed by atoms with E-state index in [2.05, 4.69) is 51.4 Å². The molecule has 1 aromatic carbocycles. The van der Waals surface area contributed by atoms with Crippen LogP contribution in [0.25, 0.3) is 5.69 Å². The van der Waals surface area contributed by atoms with Crippen molar-refractivity contribution in [2.24, 2.45) is 0 Å². The van der Waals surface area contributed by atoms with E-state index in [0.29, 0.717) is 5.56 Å². The molecule has 1 aliphatic rings. The third-order valence-electron chi connectivity index (χ3n) is 4.85. The van der Waals surface area contributed by atoms with Crippen LogP contribution in [0.2, 0.25) is 0 Å². The lowest BCUT2D eigenvalue weighted by molar-refractivity contribution is 0.0932. The first kappa shape index (κ1) is 17.4. The lowest BCUT2D eigenvalue weighted by Crippen LogP contribution is -2.32. The monoisotopic (exact) mass is 365 g/mol. The maximum Gasteiger partial charge on any atom is 0.251 e. The number of nitrogens with one attached hydrogen (secondary N) is 1. The van der Waals surface area contributed by atoms with Gasteiger partial charge in [0.15, 0.2) is 0 Å². The van der Waals surface area contributed by atoms with Gasteiger partial charge >= 0.3 is 0 Å². The van der Waals surface area contributed by atoms with Crippen LogP contribution < -0.4 is 5.32 Å². The molecule has 8 heteroatoms. The molecule has 1 aliphatic carbocycles. The smallest absolute Gasteiger partial charge is 0.251 e. The summed E-state index contributed by atoms with van der Waals surface area (Å²) in [5.74, 6) is -0.105. The molecule has 4 rings (SSSR count). The van der Waals surface area contributed by atoms with Crippen LogP contribution >= 0.6 is 0 Å². The van der Waals surface area contributed by atoms with Crippen molar-refractivity contribution >= 4 is 5.91 Å². The maximum absolute atomic E-state index is 12.8. The molecule has 1 amide bonds. The maximum atomic E-state index is 12.8. The molecule has 0 saturated heterocycles. The molecular weight excluding hydrogens is 342 g/mol. The highest BCUT2D eigenvalue weighted by Crippen LogP contribution is 2.32. The minimum absolute atomic E-state index is 0.0194. The fraction of sp³-hybridized carbons (Fsp3) is 0.421. The largest absolute Gasteiger partial charge is 0.345 e. The number of nitrogens with zero attached hydrogens (tertiary/aromatic N) is 6. The molecular formula is C19H23N7O. The average Bonchev–Trinajstić information content (AvgIpc) is 3.31. The second kappa shape index (κ2) is 6.61. The zero-order valence-electron chi connectivity index (χ0n) is 15.8. The number of amides is 1. The van der Waals surface area contributed by atoms with Crippen LogP contribution in [0.5, 0.6) is 0 Å². The van der Waals surface area contributed by atoms with Crippen molar-refractivity contribution in [3.8, 4) is 5.69 Å². The Balaban J connectivity index is 1.57. The summed E-state index contributed by atoms with van der Waals surface area (Å²) >= 11 is 0. The Bertz CT molecular complexity index is 953. The van der Waals surface area contributed by atoms with E-state index in [1.807, 2.05) is 18.3 Å². The highest BCUT2D eigenvalue weighted by molar-refractivity contribution is 5.95. The van der Waals surface area contributed by atoms with Crippen molar-refractivity contribution in [2.45, 2.75) is 51.6 Å². The summed E-state index contributed by atoms with van der Waals surface area (Å²) < 4.78 is 3.61. The molecule has 8 nitrogen and oxygen atoms in total. The first-order valence-electron chi connectivity index (χ1n) is 9.15. The number of benzene rings is 1. The Morgan fingerprint density at radius 2 is 2.15 bits per heavy atom. The number of carbonyl (C=O) groups excluding carboxylic acids is 1. The molecule has 0 bridgehead atoms. The first-order chi connectivity index (χ1) is 12.9. The lowest BCUT2D eigenvalue weighted by atomic mass is 9.92. The molecule has 0 aliphatic heterocycles. The highest BCUT2D eigenvalue weighted by atomic mass is 16.1. The second-order valence-corrected chi connectivity index (χ2v) is 7.85. The Morgan fingerprint density at radius 3 is 2.89 bits per heavy atom. The van der Waals surface area contributed by atoms with E-state index in [1.54, 1.807) is 12.1 Å². The van der Waals surface area contributed by atoms with Gasteiger partial charge in [-0.15, -0.1) is 5.10 Å². The Hall–Kier alpha value is -3.03. The SMILES string of the molecule is CC(C)(C)n1ncc2c1CCC[C@@H]2NC(=O)c1cccc(-n2cnnn2)c1. The second-order valence-electron chi connectivity index (χ2n) is 7.85. The van der Waals surface area contributed by atoms with E-state index < -0.39 is 0 Å². The molecule has 0 unspecified atom stereocenters. The van der Waals surface area contributed by atoms with Gasteiger partial charge in [0.05, 0.1) is 23.5 Å². The van der Waals surface area contributed by atoms with E-state index in [1.165, 1.54) is 16.7 Å². The van der Waals surface area contributed by atoms with Crippen molar-refractivity contribution in [2.75, 3.05) is 0 Å². The van der Waals surface area contributed by atoms with E-state index in [0.717, 1.165) is 30.5 Å². The molecule has 27 heavy (non-hydrogen) atoms. The van der Waals surface area contributed by atoms with Gasteiger partial charge in [-0.25, -0.2) is 4.68 Å². The van der Waals surface area contributed by atoms with Gasteiger partial charge in [-0.2, -0.15) is 5.10 Å². The van der Waals surface area contributed by atoms with Crippen LogP contribution in [0.1, 0.15) is 61.3 Å². The number of carbonyl (C=O) groups is 1. The van der Waals surface area contributed by atoms with Crippen molar-refractivity contribution in [3.63, 3.8) is 0 Å². The summed E-state index contributed by atoms with van der Waals surface area (Å²) in [4.78, 5) is 12.8. The lowest BCUT2D eigenvalue weighted by Gasteiger charge is -2.28. The fourth-order valence-electron chi connectivity index (χ4n) is 3.60. The van der Waals surface area contributed by atoms with E-state index >= 15 is 0 Å². The fourth-order valence-corrected chi connectivity index (χ4v) is 3.60. The molecule has 2 heterocycles. The minimum atomic E-state index is -0.105. The number of hydrogen-bond donors (Lipinski definition) is 1. The van der Waals surface area contributed by atoms with E-state index in [-0.39, 0.29) is 17.5 Å². The van der Waals surface area contributed by atoms with Gasteiger partial charge in [0, 0.05) is 16.8 Å². The van der Waals surface area contributed by atoms with Gasteiger partial charge in [-0.3, -0.25) is 9.48 Å². The van der Waals surface area contributed by atoms with Crippen molar-refractivity contribution < 1.29 is 4.79 Å². The third-order valence-corrected chi connectivity index (χ3v) is 4.85. The van der Waals surface area contributed by atoms with Gasteiger partial charge in [-0.1, -0.05) is 6.07 Å². The number of aromatic nitrogens is 6. The summed E-state index contributed by atoms with van der Waals surface area (Å²) in [6.45, 7) is 6.44. The summed E-state index contributed by atoms with van der Waals surface area (Å²) in [5, 5.41) is 18.9. The molecule has 0 spiro atoms. The number of hydrogen-bond acceptors (Lipinski definition) is 5. The topological polar surface area (TPSA) is 90.5 Å². The third kappa shape index (κ3) is 3.34. The number of rotatable bonds is 3. The molecule has 140 valence electrons. The Labute approximate surface area is 157 Å². The first-order valence-corrected chi connectivity index (χ1v) is 9.15.